The molecule has 2 saturated heterocycles. The van der Waals surface area contributed by atoms with Gasteiger partial charge in [0.05, 0.1) is 10.0 Å². The second kappa shape index (κ2) is 13.1. The summed E-state index contributed by atoms with van der Waals surface area (Å²) in [6, 6.07) is 26.0. The average Bonchev–Trinajstić information content (AvgIpc) is 3.00. The molecule has 1 unspecified atom stereocenters. The molecule has 4 nitrogen and oxygen atoms in total. The molecule has 0 aromatic heterocycles. The monoisotopic (exact) mass is 590 g/mol. The molecule has 0 saturated carbocycles. The molecular weight excluding hydrogens is 551 g/mol. The molecule has 0 bridgehead atoms. The predicted molar refractivity (Wildman–Crippen MR) is 168 cm³/mol. The normalized spacial score (nSPS) is 21.0. The summed E-state index contributed by atoms with van der Waals surface area (Å²) in [5.74, 6) is 0.398. The van der Waals surface area contributed by atoms with Crippen LogP contribution in [0.2, 0.25) is 10.0 Å². The van der Waals surface area contributed by atoms with Gasteiger partial charge in [0, 0.05) is 29.5 Å². The number of likely N-dealkylation sites (tertiary alicyclic amines) is 2. The van der Waals surface area contributed by atoms with Gasteiger partial charge in [-0.2, -0.15) is 0 Å². The number of hydrogen-bond acceptors (Lipinski definition) is 3. The largest absolute Gasteiger partial charge is 0.338 e. The summed E-state index contributed by atoms with van der Waals surface area (Å²) in [5, 5.41) is 1.11. The van der Waals surface area contributed by atoms with Crippen LogP contribution in [0.5, 0.6) is 0 Å². The zero-order valence-corrected chi connectivity index (χ0v) is 25.5. The van der Waals surface area contributed by atoms with E-state index in [9.17, 15) is 9.59 Å². The summed E-state index contributed by atoms with van der Waals surface area (Å²) in [4.78, 5) is 30.8. The van der Waals surface area contributed by atoms with Crippen molar-refractivity contribution in [1.29, 1.82) is 0 Å². The van der Waals surface area contributed by atoms with Gasteiger partial charge in [0.1, 0.15) is 5.78 Å². The molecule has 3 aromatic rings. The van der Waals surface area contributed by atoms with Crippen molar-refractivity contribution in [3.8, 4) is 0 Å². The molecule has 2 aliphatic heterocycles. The molecule has 1 atom stereocenters. The molecule has 6 heteroatoms. The Kier molecular flexibility index (Phi) is 9.53. The van der Waals surface area contributed by atoms with E-state index >= 15 is 0 Å². The number of ketones is 1. The van der Waals surface area contributed by atoms with E-state index in [1.807, 2.05) is 53.4 Å². The van der Waals surface area contributed by atoms with Crippen LogP contribution in [0.1, 0.15) is 66.9 Å². The molecule has 3 aromatic carbocycles. The Morgan fingerprint density at radius 2 is 1.51 bits per heavy atom. The number of nitrogens with zero attached hydrogens (tertiary/aromatic N) is 2. The Balaban J connectivity index is 1.27. The van der Waals surface area contributed by atoms with Crippen LogP contribution in [-0.4, -0.2) is 54.2 Å². The summed E-state index contributed by atoms with van der Waals surface area (Å²) in [7, 11) is 0. The first kappa shape index (κ1) is 29.8. The second-order valence-electron chi connectivity index (χ2n) is 12.0. The number of rotatable bonds is 9. The zero-order chi connectivity index (χ0) is 28.9. The third-order valence-corrected chi connectivity index (χ3v) is 10.2. The SMILES string of the molecule is CC(=O)C1(Cc2ccccc2)CCN(CCCC2(c3ccc(Cl)c(Cl)c3)CCCN(C(=O)c3ccccc3)C2)CC1. The van der Waals surface area contributed by atoms with Crippen LogP contribution in [0.15, 0.2) is 78.9 Å². The minimum Gasteiger partial charge on any atom is -0.338 e. The number of piperidine rings is 2. The van der Waals surface area contributed by atoms with E-state index in [1.54, 1.807) is 6.92 Å². The topological polar surface area (TPSA) is 40.6 Å². The van der Waals surface area contributed by atoms with E-state index < -0.39 is 0 Å². The van der Waals surface area contributed by atoms with E-state index in [0.717, 1.165) is 82.3 Å². The maximum atomic E-state index is 13.5. The highest BCUT2D eigenvalue weighted by Gasteiger charge is 2.41. The minimum atomic E-state index is -0.263. The van der Waals surface area contributed by atoms with Crippen LogP contribution < -0.4 is 0 Å². The van der Waals surface area contributed by atoms with Crippen LogP contribution in [0, 0.1) is 5.41 Å². The Morgan fingerprint density at radius 3 is 2.17 bits per heavy atom. The molecule has 0 N–H and O–H groups in total. The first-order chi connectivity index (χ1) is 19.8. The lowest BCUT2D eigenvalue weighted by Gasteiger charge is -2.44. The van der Waals surface area contributed by atoms with Crippen molar-refractivity contribution >= 4 is 34.9 Å². The molecule has 0 aliphatic carbocycles. The lowest BCUT2D eigenvalue weighted by atomic mass is 9.70. The van der Waals surface area contributed by atoms with Crippen molar-refractivity contribution in [1.82, 2.24) is 9.80 Å². The molecule has 2 aliphatic rings. The summed E-state index contributed by atoms with van der Waals surface area (Å²) >= 11 is 12.8. The minimum absolute atomic E-state index is 0.0877. The number of benzene rings is 3. The van der Waals surface area contributed by atoms with Crippen LogP contribution >= 0.6 is 23.2 Å². The molecule has 0 radical (unpaired) electrons. The average molecular weight is 592 g/mol. The Labute approximate surface area is 254 Å². The first-order valence-corrected chi connectivity index (χ1v) is 15.6. The van der Waals surface area contributed by atoms with Crippen LogP contribution in [-0.2, 0) is 16.6 Å². The summed E-state index contributed by atoms with van der Waals surface area (Å²) in [6.45, 7) is 6.05. The quantitative estimate of drug-likeness (QED) is 0.254. The summed E-state index contributed by atoms with van der Waals surface area (Å²) < 4.78 is 0. The Bertz CT molecular complexity index is 1340. The highest BCUT2D eigenvalue weighted by Crippen LogP contribution is 2.41. The highest BCUT2D eigenvalue weighted by molar-refractivity contribution is 6.42. The molecule has 0 spiro atoms. The molecule has 41 heavy (non-hydrogen) atoms. The lowest BCUT2D eigenvalue weighted by molar-refractivity contribution is -0.129. The van der Waals surface area contributed by atoms with Gasteiger partial charge in [-0.15, -0.1) is 0 Å². The van der Waals surface area contributed by atoms with Gasteiger partial charge in [-0.3, -0.25) is 9.59 Å². The van der Waals surface area contributed by atoms with E-state index in [0.29, 0.717) is 22.4 Å². The van der Waals surface area contributed by atoms with Crippen molar-refractivity contribution < 1.29 is 9.59 Å². The van der Waals surface area contributed by atoms with E-state index in [4.69, 9.17) is 23.2 Å². The zero-order valence-electron chi connectivity index (χ0n) is 24.0. The molecule has 1 amide bonds. The van der Waals surface area contributed by atoms with Crippen molar-refractivity contribution in [2.45, 2.75) is 57.3 Å². The Hall–Kier alpha value is -2.66. The smallest absolute Gasteiger partial charge is 0.253 e. The number of hydrogen-bond donors (Lipinski definition) is 0. The first-order valence-electron chi connectivity index (χ1n) is 14.9. The maximum absolute atomic E-state index is 13.5. The van der Waals surface area contributed by atoms with Gasteiger partial charge in [0.2, 0.25) is 0 Å². The maximum Gasteiger partial charge on any atom is 0.253 e. The molecule has 2 heterocycles. The predicted octanol–water partition coefficient (Wildman–Crippen LogP) is 7.86. The number of carbonyl (C=O) groups excluding carboxylic acids is 2. The molecule has 2 fully saturated rings. The molecule has 216 valence electrons. The van der Waals surface area contributed by atoms with Gasteiger partial charge in [0.25, 0.3) is 5.91 Å². The second-order valence-corrected chi connectivity index (χ2v) is 12.9. The Morgan fingerprint density at radius 1 is 0.829 bits per heavy atom. The van der Waals surface area contributed by atoms with Gasteiger partial charge in [-0.25, -0.2) is 0 Å². The summed E-state index contributed by atoms with van der Waals surface area (Å²) in [6.07, 6.45) is 6.55. The van der Waals surface area contributed by atoms with Gasteiger partial charge < -0.3 is 9.80 Å². The standard InChI is InChI=1S/C35H40Cl2N2O2/c1-27(40)34(25-28-10-4-2-5-11-28)18-22-38(23-19-34)20-8-16-35(30-14-15-31(36)32(37)24-30)17-9-21-39(26-35)33(41)29-12-6-3-7-13-29/h2-7,10-15,24H,8-9,16-23,25-26H2,1H3. The van der Waals surface area contributed by atoms with Crippen molar-refractivity contribution in [2.24, 2.45) is 5.41 Å². The van der Waals surface area contributed by atoms with Crippen LogP contribution in [0.25, 0.3) is 0 Å². The fourth-order valence-corrected chi connectivity index (χ4v) is 7.26. The van der Waals surface area contributed by atoms with Crippen LogP contribution in [0.3, 0.4) is 0 Å². The van der Waals surface area contributed by atoms with Crippen LogP contribution in [0.4, 0.5) is 0 Å². The molecule has 5 rings (SSSR count). The number of halogens is 2. The van der Waals surface area contributed by atoms with E-state index in [1.165, 1.54) is 5.56 Å². The molecular formula is C35H40Cl2N2O2. The fourth-order valence-electron chi connectivity index (χ4n) is 6.96. The highest BCUT2D eigenvalue weighted by atomic mass is 35.5. The van der Waals surface area contributed by atoms with Crippen molar-refractivity contribution in [2.75, 3.05) is 32.7 Å². The fraction of sp³-hybridized carbons (Fsp3) is 0.429. The van der Waals surface area contributed by atoms with E-state index in [2.05, 4.69) is 35.2 Å². The van der Waals surface area contributed by atoms with Gasteiger partial charge in [-0.05, 0) is 107 Å². The van der Waals surface area contributed by atoms with Crippen molar-refractivity contribution in [3.05, 3.63) is 106 Å². The van der Waals surface area contributed by atoms with E-state index in [-0.39, 0.29) is 16.7 Å². The third-order valence-electron chi connectivity index (χ3n) is 9.49. The third kappa shape index (κ3) is 6.88. The van der Waals surface area contributed by atoms with Gasteiger partial charge in [-0.1, -0.05) is 77.8 Å². The number of amides is 1. The number of carbonyl (C=O) groups is 2. The lowest BCUT2D eigenvalue weighted by Crippen LogP contribution is -2.49. The summed E-state index contributed by atoms with van der Waals surface area (Å²) in [5.41, 5.74) is 2.70. The van der Waals surface area contributed by atoms with Crippen molar-refractivity contribution in [3.63, 3.8) is 0 Å². The van der Waals surface area contributed by atoms with Gasteiger partial charge >= 0.3 is 0 Å². The van der Waals surface area contributed by atoms with Gasteiger partial charge in [0.15, 0.2) is 0 Å². The number of Topliss-reactive ketones (excluding diaryl/α,β-unsaturated/α-hetero) is 1.